The number of nitrogens with one attached hydrogen (secondary N) is 1. The van der Waals surface area contributed by atoms with Crippen LogP contribution in [-0.2, 0) is 11.2 Å². The fraction of sp³-hybridized carbons (Fsp3) is 0.500. The Balaban J connectivity index is 1.59. The van der Waals surface area contributed by atoms with E-state index in [1.165, 1.54) is 11.3 Å². The Kier molecular flexibility index (Phi) is 5.01. The van der Waals surface area contributed by atoms with E-state index in [0.717, 1.165) is 23.4 Å². The van der Waals surface area contributed by atoms with Gasteiger partial charge in [0.1, 0.15) is 11.1 Å². The summed E-state index contributed by atoms with van der Waals surface area (Å²) in [7, 11) is 0. The minimum absolute atomic E-state index is 0.0455. The maximum Gasteiger partial charge on any atom is 0.323 e. The summed E-state index contributed by atoms with van der Waals surface area (Å²) in [6.07, 6.45) is 1.87. The number of urea groups is 1. The van der Waals surface area contributed by atoms with Gasteiger partial charge in [-0.3, -0.25) is 5.32 Å². The van der Waals surface area contributed by atoms with Gasteiger partial charge < -0.3 is 9.64 Å². The smallest absolute Gasteiger partial charge is 0.323 e. The molecule has 118 valence electrons. The molecular weight excluding hydrogens is 320 g/mol. The molecule has 0 unspecified atom stereocenters. The lowest BCUT2D eigenvalue weighted by molar-refractivity contribution is -0.0132. The quantitative estimate of drug-likeness (QED) is 0.930. The third-order valence-electron chi connectivity index (χ3n) is 3.41. The van der Waals surface area contributed by atoms with E-state index >= 15 is 0 Å². The molecule has 1 N–H and O–H groups in total. The molecule has 3 heterocycles. The van der Waals surface area contributed by atoms with Crippen molar-refractivity contribution in [1.29, 1.82) is 0 Å². The first-order valence-electron chi connectivity index (χ1n) is 7.28. The van der Waals surface area contributed by atoms with E-state index in [0.29, 0.717) is 24.8 Å². The van der Waals surface area contributed by atoms with Crippen LogP contribution < -0.4 is 5.32 Å². The number of aromatic nitrogens is 2. The SMILES string of the molecule is CCCc1nnc(NC(=O)N2CCO[C@@H](c3ccsc3)C2)s1. The lowest BCUT2D eigenvalue weighted by atomic mass is 10.1. The summed E-state index contributed by atoms with van der Waals surface area (Å²) in [4.78, 5) is 14.1. The summed E-state index contributed by atoms with van der Waals surface area (Å²) in [6.45, 7) is 3.79. The van der Waals surface area contributed by atoms with Gasteiger partial charge in [0.15, 0.2) is 0 Å². The number of carbonyl (C=O) groups excluding carboxylic acids is 1. The largest absolute Gasteiger partial charge is 0.370 e. The van der Waals surface area contributed by atoms with Crippen LogP contribution in [0.15, 0.2) is 16.8 Å². The topological polar surface area (TPSA) is 67.4 Å². The zero-order chi connectivity index (χ0) is 15.4. The zero-order valence-electron chi connectivity index (χ0n) is 12.3. The fourth-order valence-electron chi connectivity index (χ4n) is 2.28. The van der Waals surface area contributed by atoms with E-state index < -0.39 is 0 Å². The third kappa shape index (κ3) is 3.63. The molecule has 22 heavy (non-hydrogen) atoms. The second-order valence-electron chi connectivity index (χ2n) is 5.04. The van der Waals surface area contributed by atoms with Crippen LogP contribution in [0.3, 0.4) is 0 Å². The minimum atomic E-state index is -0.136. The first kappa shape index (κ1) is 15.4. The average Bonchev–Trinajstić information content (AvgIpc) is 3.20. The van der Waals surface area contributed by atoms with E-state index in [-0.39, 0.29) is 12.1 Å². The summed E-state index contributed by atoms with van der Waals surface area (Å²) in [5.41, 5.74) is 1.13. The number of nitrogens with zero attached hydrogens (tertiary/aromatic N) is 3. The molecule has 0 saturated carbocycles. The van der Waals surface area contributed by atoms with Crippen LogP contribution in [0.2, 0.25) is 0 Å². The van der Waals surface area contributed by atoms with Crippen molar-refractivity contribution >= 4 is 33.8 Å². The van der Waals surface area contributed by atoms with Crippen molar-refractivity contribution in [2.24, 2.45) is 0 Å². The molecule has 1 aliphatic rings. The molecule has 1 aliphatic heterocycles. The molecule has 0 spiro atoms. The number of aryl methyl sites for hydroxylation is 1. The summed E-state index contributed by atoms with van der Waals surface area (Å²) in [5, 5.41) is 16.5. The van der Waals surface area contributed by atoms with Crippen molar-refractivity contribution in [2.45, 2.75) is 25.9 Å². The van der Waals surface area contributed by atoms with Crippen molar-refractivity contribution in [2.75, 3.05) is 25.0 Å². The van der Waals surface area contributed by atoms with E-state index in [4.69, 9.17) is 4.74 Å². The first-order chi connectivity index (χ1) is 10.8. The monoisotopic (exact) mass is 338 g/mol. The Hall–Kier alpha value is -1.51. The van der Waals surface area contributed by atoms with Gasteiger partial charge >= 0.3 is 6.03 Å². The fourth-order valence-corrected chi connectivity index (χ4v) is 3.82. The number of amides is 2. The third-order valence-corrected chi connectivity index (χ3v) is 5.01. The van der Waals surface area contributed by atoms with Crippen LogP contribution in [0.4, 0.5) is 9.93 Å². The zero-order valence-corrected chi connectivity index (χ0v) is 14.0. The normalized spacial score (nSPS) is 18.4. The molecule has 8 heteroatoms. The first-order valence-corrected chi connectivity index (χ1v) is 9.04. The van der Waals surface area contributed by atoms with Gasteiger partial charge in [-0.25, -0.2) is 4.79 Å². The van der Waals surface area contributed by atoms with E-state index in [2.05, 4.69) is 27.8 Å². The standard InChI is InChI=1S/C14H18N4O2S2/c1-2-3-12-16-17-13(22-12)15-14(19)18-5-6-20-11(8-18)10-4-7-21-9-10/h4,7,9,11H,2-3,5-6,8H2,1H3,(H,15,17,19)/t11-/m1/s1. The Morgan fingerprint density at radius 2 is 2.45 bits per heavy atom. The van der Waals surface area contributed by atoms with E-state index in [9.17, 15) is 4.79 Å². The highest BCUT2D eigenvalue weighted by molar-refractivity contribution is 7.15. The van der Waals surface area contributed by atoms with Crippen LogP contribution in [0.5, 0.6) is 0 Å². The van der Waals surface area contributed by atoms with Crippen molar-refractivity contribution in [3.63, 3.8) is 0 Å². The molecular formula is C14H18N4O2S2. The van der Waals surface area contributed by atoms with Gasteiger partial charge in [-0.15, -0.1) is 10.2 Å². The Morgan fingerprint density at radius 1 is 1.55 bits per heavy atom. The number of hydrogen-bond donors (Lipinski definition) is 1. The Bertz CT molecular complexity index is 614. The van der Waals surface area contributed by atoms with Gasteiger partial charge in [-0.1, -0.05) is 18.3 Å². The highest BCUT2D eigenvalue weighted by atomic mass is 32.1. The number of anilines is 1. The van der Waals surface area contributed by atoms with Crippen LogP contribution in [0, 0.1) is 0 Å². The van der Waals surface area contributed by atoms with E-state index in [1.807, 2.05) is 11.4 Å². The second kappa shape index (κ2) is 7.17. The summed E-state index contributed by atoms with van der Waals surface area (Å²) >= 11 is 3.08. The molecule has 0 radical (unpaired) electrons. The highest BCUT2D eigenvalue weighted by Crippen LogP contribution is 2.25. The predicted octanol–water partition coefficient (Wildman–Crippen LogP) is 3.16. The van der Waals surface area contributed by atoms with Crippen molar-refractivity contribution in [1.82, 2.24) is 15.1 Å². The highest BCUT2D eigenvalue weighted by Gasteiger charge is 2.26. The summed E-state index contributed by atoms with van der Waals surface area (Å²) in [6, 6.07) is 1.90. The summed E-state index contributed by atoms with van der Waals surface area (Å²) in [5.74, 6) is 0. The van der Waals surface area contributed by atoms with Gasteiger partial charge in [-0.2, -0.15) is 11.3 Å². The maximum absolute atomic E-state index is 12.4. The Morgan fingerprint density at radius 3 is 3.23 bits per heavy atom. The van der Waals surface area contributed by atoms with Gasteiger partial charge in [0, 0.05) is 13.0 Å². The molecule has 1 fully saturated rings. The maximum atomic E-state index is 12.4. The van der Waals surface area contributed by atoms with Gasteiger partial charge in [0.25, 0.3) is 0 Å². The molecule has 2 aromatic heterocycles. The predicted molar refractivity (Wildman–Crippen MR) is 87.5 cm³/mol. The van der Waals surface area contributed by atoms with Gasteiger partial charge in [0.05, 0.1) is 13.2 Å². The van der Waals surface area contributed by atoms with Gasteiger partial charge in [-0.05, 0) is 28.8 Å². The Labute approximate surface area is 137 Å². The molecule has 2 aromatic rings. The van der Waals surface area contributed by atoms with Crippen molar-refractivity contribution in [3.05, 3.63) is 27.4 Å². The molecule has 2 amide bonds. The number of rotatable bonds is 4. The molecule has 0 aliphatic carbocycles. The summed E-state index contributed by atoms with van der Waals surface area (Å²) < 4.78 is 5.75. The number of thiophene rings is 1. The minimum Gasteiger partial charge on any atom is -0.370 e. The number of carbonyl (C=O) groups is 1. The number of ether oxygens (including phenoxy) is 1. The number of morpholine rings is 1. The van der Waals surface area contributed by atoms with Crippen LogP contribution >= 0.6 is 22.7 Å². The van der Waals surface area contributed by atoms with E-state index in [1.54, 1.807) is 16.2 Å². The number of hydrogen-bond acceptors (Lipinski definition) is 6. The second-order valence-corrected chi connectivity index (χ2v) is 6.89. The van der Waals surface area contributed by atoms with Crippen LogP contribution in [0.25, 0.3) is 0 Å². The molecule has 6 nitrogen and oxygen atoms in total. The van der Waals surface area contributed by atoms with Gasteiger partial charge in [0.2, 0.25) is 5.13 Å². The molecule has 1 saturated heterocycles. The average molecular weight is 338 g/mol. The van der Waals surface area contributed by atoms with Crippen LogP contribution in [0.1, 0.15) is 30.0 Å². The molecule has 0 aromatic carbocycles. The lowest BCUT2D eigenvalue weighted by Crippen LogP contribution is -2.44. The lowest BCUT2D eigenvalue weighted by Gasteiger charge is -2.32. The van der Waals surface area contributed by atoms with Crippen molar-refractivity contribution < 1.29 is 9.53 Å². The molecule has 3 rings (SSSR count). The molecule has 0 bridgehead atoms. The van der Waals surface area contributed by atoms with Crippen molar-refractivity contribution in [3.8, 4) is 0 Å². The molecule has 1 atom stereocenters. The van der Waals surface area contributed by atoms with Crippen LogP contribution in [-0.4, -0.2) is 40.8 Å².